The van der Waals surface area contributed by atoms with E-state index in [1.54, 1.807) is 17.8 Å². The fourth-order valence-electron chi connectivity index (χ4n) is 4.03. The van der Waals surface area contributed by atoms with Gasteiger partial charge in [-0.25, -0.2) is 13.4 Å². The van der Waals surface area contributed by atoms with E-state index in [2.05, 4.69) is 10.1 Å². The number of pyridine rings is 1. The van der Waals surface area contributed by atoms with Gasteiger partial charge < -0.3 is 4.90 Å². The zero-order chi connectivity index (χ0) is 18.5. The Kier molecular flexibility index (Phi) is 4.23. The summed E-state index contributed by atoms with van der Waals surface area (Å²) in [5.41, 5.74) is 1.42. The molecule has 0 N–H and O–H groups in total. The van der Waals surface area contributed by atoms with Crippen molar-refractivity contribution in [3.8, 4) is 0 Å². The van der Waals surface area contributed by atoms with Gasteiger partial charge >= 0.3 is 0 Å². The summed E-state index contributed by atoms with van der Waals surface area (Å²) in [5, 5.41) is 5.05. The lowest BCUT2D eigenvalue weighted by Crippen LogP contribution is -2.50. The molecule has 0 aliphatic carbocycles. The van der Waals surface area contributed by atoms with Gasteiger partial charge in [0.05, 0.1) is 5.69 Å². The number of rotatable bonds is 3. The van der Waals surface area contributed by atoms with E-state index in [0.29, 0.717) is 25.2 Å². The molecular formula is C17H23N5O3S. The average molecular weight is 377 g/mol. The first-order valence-electron chi connectivity index (χ1n) is 8.97. The molecule has 0 saturated carbocycles. The highest BCUT2D eigenvalue weighted by Gasteiger charge is 2.36. The van der Waals surface area contributed by atoms with Crippen LogP contribution in [-0.2, 0) is 21.9 Å². The molecule has 2 aliphatic heterocycles. The molecule has 4 rings (SSSR count). The Morgan fingerprint density at radius 2 is 2.04 bits per heavy atom. The van der Waals surface area contributed by atoms with Crippen LogP contribution in [0.25, 0.3) is 11.0 Å². The molecule has 0 unspecified atom stereocenters. The zero-order valence-corrected chi connectivity index (χ0v) is 15.9. The molecule has 2 saturated heterocycles. The predicted molar refractivity (Wildman–Crippen MR) is 96.0 cm³/mol. The fourth-order valence-corrected chi connectivity index (χ4v) is 5.52. The molecule has 0 aromatic carbocycles. The Labute approximate surface area is 152 Å². The summed E-state index contributed by atoms with van der Waals surface area (Å²) in [4.78, 5) is 18.4. The first kappa shape index (κ1) is 17.4. The Hall–Kier alpha value is -2.00. The second-order valence-electron chi connectivity index (χ2n) is 7.10. The molecule has 2 aromatic heterocycles. The Balaban J connectivity index is 1.63. The number of amides is 1. The zero-order valence-electron chi connectivity index (χ0n) is 15.1. The van der Waals surface area contributed by atoms with Gasteiger partial charge in [0.1, 0.15) is 4.90 Å². The van der Waals surface area contributed by atoms with E-state index in [4.69, 9.17) is 0 Å². The van der Waals surface area contributed by atoms with Crippen molar-refractivity contribution in [1.82, 2.24) is 24.0 Å². The number of piperidine rings is 1. The van der Waals surface area contributed by atoms with Crippen LogP contribution < -0.4 is 0 Å². The van der Waals surface area contributed by atoms with E-state index in [1.807, 2.05) is 11.8 Å². The maximum Gasteiger partial charge on any atom is 0.244 e. The number of likely N-dealkylation sites (tertiary alicyclic amines) is 1. The van der Waals surface area contributed by atoms with Crippen LogP contribution in [0.3, 0.4) is 0 Å². The average Bonchev–Trinajstić information content (AvgIpc) is 3.18. The van der Waals surface area contributed by atoms with Gasteiger partial charge in [-0.1, -0.05) is 0 Å². The molecule has 4 heterocycles. The number of nitrogens with zero attached hydrogens (tertiary/aromatic N) is 5. The van der Waals surface area contributed by atoms with Crippen molar-refractivity contribution in [2.45, 2.75) is 43.5 Å². The topological polar surface area (TPSA) is 88.4 Å². The van der Waals surface area contributed by atoms with E-state index in [1.165, 1.54) is 10.5 Å². The van der Waals surface area contributed by atoms with Crippen LogP contribution in [0.1, 0.15) is 31.4 Å². The lowest BCUT2D eigenvalue weighted by atomic mass is 10.1. The maximum atomic E-state index is 13.1. The molecule has 2 aliphatic rings. The minimum atomic E-state index is -3.65. The number of sulfonamides is 1. The van der Waals surface area contributed by atoms with E-state index < -0.39 is 10.0 Å². The van der Waals surface area contributed by atoms with Gasteiger partial charge in [-0.15, -0.1) is 0 Å². The Bertz CT molecular complexity index is 968. The van der Waals surface area contributed by atoms with Gasteiger partial charge in [0, 0.05) is 50.7 Å². The molecule has 0 radical (unpaired) electrons. The van der Waals surface area contributed by atoms with Gasteiger partial charge in [0.15, 0.2) is 5.65 Å². The van der Waals surface area contributed by atoms with Crippen molar-refractivity contribution in [2.24, 2.45) is 7.05 Å². The minimum Gasteiger partial charge on any atom is -0.338 e. The van der Waals surface area contributed by atoms with E-state index in [0.717, 1.165) is 36.9 Å². The van der Waals surface area contributed by atoms with Crippen molar-refractivity contribution >= 4 is 27.0 Å². The van der Waals surface area contributed by atoms with Crippen LogP contribution in [-0.4, -0.2) is 64.0 Å². The summed E-state index contributed by atoms with van der Waals surface area (Å²) in [7, 11) is -1.85. The van der Waals surface area contributed by atoms with E-state index in [9.17, 15) is 13.2 Å². The molecule has 26 heavy (non-hydrogen) atoms. The fraction of sp³-hybridized carbons (Fsp3) is 0.588. The molecule has 0 bridgehead atoms. The molecule has 9 heteroatoms. The first-order valence-corrected chi connectivity index (χ1v) is 10.4. The molecular weight excluding hydrogens is 354 g/mol. The Morgan fingerprint density at radius 3 is 2.77 bits per heavy atom. The SMILES string of the molecule is Cc1nn(C)c2ncc(S(=O)(=O)N3CCC[C@H](N4CCCC4=O)C3)cc12. The third-order valence-corrected chi connectivity index (χ3v) is 7.22. The molecule has 140 valence electrons. The summed E-state index contributed by atoms with van der Waals surface area (Å²) < 4.78 is 29.4. The van der Waals surface area contributed by atoms with Gasteiger partial charge in [0.2, 0.25) is 15.9 Å². The second-order valence-corrected chi connectivity index (χ2v) is 9.04. The van der Waals surface area contributed by atoms with Crippen LogP contribution in [0.15, 0.2) is 17.2 Å². The number of hydrogen-bond donors (Lipinski definition) is 0. The van der Waals surface area contributed by atoms with Crippen LogP contribution in [0, 0.1) is 6.92 Å². The van der Waals surface area contributed by atoms with Gasteiger partial charge in [0.25, 0.3) is 0 Å². The number of aromatic nitrogens is 3. The highest BCUT2D eigenvalue weighted by atomic mass is 32.2. The van der Waals surface area contributed by atoms with Crippen LogP contribution in [0.4, 0.5) is 0 Å². The Morgan fingerprint density at radius 1 is 1.23 bits per heavy atom. The summed E-state index contributed by atoms with van der Waals surface area (Å²) in [6.45, 7) is 3.42. The normalized spacial score (nSPS) is 22.5. The van der Waals surface area contributed by atoms with Crippen molar-refractivity contribution in [1.29, 1.82) is 0 Å². The third kappa shape index (κ3) is 2.79. The first-order chi connectivity index (χ1) is 12.4. The number of hydrogen-bond acceptors (Lipinski definition) is 5. The standard InChI is InChI=1S/C17H23N5O3S/c1-12-15-9-14(10-18-17(15)20(2)19-12)26(24,25)21-7-3-5-13(11-21)22-8-4-6-16(22)23/h9-10,13H,3-8,11H2,1-2H3/t13-/m0/s1. The molecule has 2 fully saturated rings. The lowest BCUT2D eigenvalue weighted by molar-refractivity contribution is -0.130. The predicted octanol–water partition coefficient (Wildman–Crippen LogP) is 1.05. The van der Waals surface area contributed by atoms with Crippen LogP contribution >= 0.6 is 0 Å². The van der Waals surface area contributed by atoms with E-state index in [-0.39, 0.29) is 16.8 Å². The number of aryl methyl sites for hydroxylation is 2. The van der Waals surface area contributed by atoms with Gasteiger partial charge in [-0.3, -0.25) is 9.48 Å². The molecule has 2 aromatic rings. The van der Waals surface area contributed by atoms with Crippen molar-refractivity contribution < 1.29 is 13.2 Å². The van der Waals surface area contributed by atoms with E-state index >= 15 is 0 Å². The third-order valence-electron chi connectivity index (χ3n) is 5.39. The molecule has 1 amide bonds. The highest BCUT2D eigenvalue weighted by molar-refractivity contribution is 7.89. The van der Waals surface area contributed by atoms with Crippen molar-refractivity contribution in [3.05, 3.63) is 18.0 Å². The second kappa shape index (κ2) is 6.31. The number of carbonyl (C=O) groups is 1. The molecule has 8 nitrogen and oxygen atoms in total. The maximum absolute atomic E-state index is 13.1. The quantitative estimate of drug-likeness (QED) is 0.798. The van der Waals surface area contributed by atoms with Crippen LogP contribution in [0.2, 0.25) is 0 Å². The van der Waals surface area contributed by atoms with Crippen molar-refractivity contribution in [2.75, 3.05) is 19.6 Å². The largest absolute Gasteiger partial charge is 0.338 e. The number of carbonyl (C=O) groups excluding carboxylic acids is 1. The summed E-state index contributed by atoms with van der Waals surface area (Å²) in [6.07, 6.45) is 4.46. The van der Waals surface area contributed by atoms with Gasteiger partial charge in [-0.2, -0.15) is 9.40 Å². The minimum absolute atomic E-state index is 0.0228. The lowest BCUT2D eigenvalue weighted by Gasteiger charge is -2.36. The monoisotopic (exact) mass is 377 g/mol. The summed E-state index contributed by atoms with van der Waals surface area (Å²) in [6, 6.07) is 1.63. The summed E-state index contributed by atoms with van der Waals surface area (Å²) in [5.74, 6) is 0.142. The molecule has 0 spiro atoms. The van der Waals surface area contributed by atoms with Crippen molar-refractivity contribution in [3.63, 3.8) is 0 Å². The van der Waals surface area contributed by atoms with Crippen LogP contribution in [0.5, 0.6) is 0 Å². The smallest absolute Gasteiger partial charge is 0.244 e. The van der Waals surface area contributed by atoms with Gasteiger partial charge in [-0.05, 0) is 32.3 Å². The molecule has 1 atom stereocenters. The highest BCUT2D eigenvalue weighted by Crippen LogP contribution is 2.27. The summed E-state index contributed by atoms with van der Waals surface area (Å²) >= 11 is 0. The number of fused-ring (bicyclic) bond motifs is 1.